The number of carbonyl (C=O) groups excluding carboxylic acids is 2. The van der Waals surface area contributed by atoms with Crippen LogP contribution in [0, 0.1) is 0 Å². The molecule has 0 atom stereocenters. The first-order valence-corrected chi connectivity index (χ1v) is 10.2. The number of carbonyl (C=O) groups is 2. The van der Waals surface area contributed by atoms with Crippen LogP contribution in [-0.4, -0.2) is 17.9 Å². The Bertz CT molecular complexity index is 936. The first-order valence-electron chi connectivity index (χ1n) is 9.00. The summed E-state index contributed by atoms with van der Waals surface area (Å²) in [7, 11) is 0. The van der Waals surface area contributed by atoms with E-state index < -0.39 is 0 Å². The number of benzene rings is 2. The van der Waals surface area contributed by atoms with Crippen LogP contribution in [0.4, 0.5) is 5.69 Å². The molecule has 0 bridgehead atoms. The van der Waals surface area contributed by atoms with E-state index in [4.69, 9.17) is 11.6 Å². The molecule has 1 heterocycles. The lowest BCUT2D eigenvalue weighted by molar-refractivity contribution is -0.112. The highest BCUT2D eigenvalue weighted by molar-refractivity contribution is 8.04. The van der Waals surface area contributed by atoms with Crippen LogP contribution in [0.1, 0.15) is 41.6 Å². The maximum absolute atomic E-state index is 12.5. The first-order chi connectivity index (χ1) is 13.1. The number of thioether (sulfide) groups is 1. The van der Waals surface area contributed by atoms with Crippen LogP contribution in [0.5, 0.6) is 0 Å². The third-order valence-corrected chi connectivity index (χ3v) is 6.10. The van der Waals surface area contributed by atoms with Gasteiger partial charge in [-0.25, -0.2) is 0 Å². The van der Waals surface area contributed by atoms with Crippen molar-refractivity contribution in [3.05, 3.63) is 63.5 Å². The van der Waals surface area contributed by atoms with Gasteiger partial charge in [-0.1, -0.05) is 48.3 Å². The van der Waals surface area contributed by atoms with Crippen LogP contribution in [0.2, 0.25) is 5.02 Å². The third kappa shape index (κ3) is 4.20. The molecule has 2 aromatic rings. The van der Waals surface area contributed by atoms with Crippen molar-refractivity contribution >= 4 is 46.9 Å². The van der Waals surface area contributed by atoms with Crippen LogP contribution in [0.3, 0.4) is 0 Å². The number of amides is 2. The average Bonchev–Trinajstić information content (AvgIpc) is 3.15. The van der Waals surface area contributed by atoms with Crippen molar-refractivity contribution in [2.75, 3.05) is 5.32 Å². The summed E-state index contributed by atoms with van der Waals surface area (Å²) >= 11 is 7.41. The average molecular weight is 399 g/mol. The topological polar surface area (TPSA) is 58.2 Å². The van der Waals surface area contributed by atoms with Gasteiger partial charge in [0.1, 0.15) is 0 Å². The number of nitrogens with one attached hydrogen (secondary N) is 2. The van der Waals surface area contributed by atoms with Gasteiger partial charge in [-0.05, 0) is 54.8 Å². The lowest BCUT2D eigenvalue weighted by Crippen LogP contribution is -2.32. The van der Waals surface area contributed by atoms with E-state index in [1.807, 2.05) is 36.4 Å². The SMILES string of the molecule is O=C1Nc2cc(C(=O)NC3CCCC3)ccc2SC1=Cc1cccc(Cl)c1. The van der Waals surface area contributed by atoms with E-state index in [1.165, 1.54) is 24.6 Å². The van der Waals surface area contributed by atoms with Crippen molar-refractivity contribution in [3.63, 3.8) is 0 Å². The van der Waals surface area contributed by atoms with Crippen molar-refractivity contribution in [2.45, 2.75) is 36.6 Å². The molecule has 4 rings (SSSR count). The predicted molar refractivity (Wildman–Crippen MR) is 110 cm³/mol. The Balaban J connectivity index is 1.53. The molecule has 2 amide bonds. The van der Waals surface area contributed by atoms with Gasteiger partial charge < -0.3 is 10.6 Å². The number of hydrogen-bond acceptors (Lipinski definition) is 3. The van der Waals surface area contributed by atoms with Crippen LogP contribution in [-0.2, 0) is 4.79 Å². The minimum absolute atomic E-state index is 0.0794. The Morgan fingerprint density at radius 3 is 2.78 bits per heavy atom. The highest BCUT2D eigenvalue weighted by Crippen LogP contribution is 2.39. The van der Waals surface area contributed by atoms with Crippen molar-refractivity contribution in [3.8, 4) is 0 Å². The van der Waals surface area contributed by atoms with Crippen LogP contribution < -0.4 is 10.6 Å². The van der Waals surface area contributed by atoms with Gasteiger partial charge in [0.15, 0.2) is 0 Å². The quantitative estimate of drug-likeness (QED) is 0.707. The molecule has 0 unspecified atom stereocenters. The summed E-state index contributed by atoms with van der Waals surface area (Å²) in [6, 6.07) is 13.1. The van der Waals surface area contributed by atoms with Gasteiger partial charge in [0.25, 0.3) is 11.8 Å². The van der Waals surface area contributed by atoms with Gasteiger partial charge in [-0.2, -0.15) is 0 Å². The molecule has 0 spiro atoms. The minimum atomic E-state index is -0.180. The van der Waals surface area contributed by atoms with Crippen molar-refractivity contribution in [1.82, 2.24) is 5.32 Å². The van der Waals surface area contributed by atoms with Gasteiger partial charge >= 0.3 is 0 Å². The van der Waals surface area contributed by atoms with Gasteiger partial charge in [0, 0.05) is 21.5 Å². The van der Waals surface area contributed by atoms with E-state index in [1.54, 1.807) is 12.1 Å². The summed E-state index contributed by atoms with van der Waals surface area (Å²) in [5.74, 6) is -0.259. The standard InChI is InChI=1S/C21H19ClN2O2S/c22-15-5-3-4-13(10-15)11-19-21(26)24-17-12-14(8-9-18(17)27-19)20(25)23-16-6-1-2-7-16/h3-5,8-12,16H,1-2,6-7H2,(H,23,25)(H,24,26). The molecule has 4 nitrogen and oxygen atoms in total. The molecule has 1 saturated carbocycles. The summed E-state index contributed by atoms with van der Waals surface area (Å²) in [4.78, 5) is 26.4. The zero-order valence-corrected chi connectivity index (χ0v) is 16.2. The van der Waals surface area contributed by atoms with E-state index in [-0.39, 0.29) is 17.9 Å². The van der Waals surface area contributed by atoms with Crippen molar-refractivity contribution < 1.29 is 9.59 Å². The molecule has 1 aliphatic carbocycles. The molecule has 2 aromatic carbocycles. The highest BCUT2D eigenvalue weighted by Gasteiger charge is 2.23. The summed E-state index contributed by atoms with van der Waals surface area (Å²) in [5.41, 5.74) is 2.12. The maximum Gasteiger partial charge on any atom is 0.262 e. The van der Waals surface area contributed by atoms with E-state index in [0.717, 1.165) is 23.3 Å². The van der Waals surface area contributed by atoms with E-state index in [2.05, 4.69) is 10.6 Å². The van der Waals surface area contributed by atoms with Gasteiger partial charge in [0.2, 0.25) is 0 Å². The summed E-state index contributed by atoms with van der Waals surface area (Å²) < 4.78 is 0. The minimum Gasteiger partial charge on any atom is -0.349 e. The predicted octanol–water partition coefficient (Wildman–Crippen LogP) is 5.10. The second kappa shape index (κ2) is 7.79. The summed E-state index contributed by atoms with van der Waals surface area (Å²) in [6.45, 7) is 0. The lowest BCUT2D eigenvalue weighted by atomic mass is 10.1. The molecule has 0 aromatic heterocycles. The summed E-state index contributed by atoms with van der Waals surface area (Å²) in [6.07, 6.45) is 6.24. The number of halogens is 1. The van der Waals surface area contributed by atoms with E-state index in [0.29, 0.717) is 21.2 Å². The molecule has 0 saturated heterocycles. The number of anilines is 1. The molecular weight excluding hydrogens is 380 g/mol. The number of fused-ring (bicyclic) bond motifs is 1. The molecular formula is C21H19ClN2O2S. The lowest BCUT2D eigenvalue weighted by Gasteiger charge is -2.20. The molecule has 138 valence electrons. The Morgan fingerprint density at radius 1 is 1.19 bits per heavy atom. The van der Waals surface area contributed by atoms with Crippen molar-refractivity contribution in [2.24, 2.45) is 0 Å². The molecule has 6 heteroatoms. The molecule has 2 aliphatic rings. The molecule has 1 aliphatic heterocycles. The summed E-state index contributed by atoms with van der Waals surface area (Å²) in [5, 5.41) is 6.60. The fourth-order valence-electron chi connectivity index (χ4n) is 3.39. The van der Waals surface area contributed by atoms with E-state index in [9.17, 15) is 9.59 Å². The maximum atomic E-state index is 12.5. The molecule has 27 heavy (non-hydrogen) atoms. The zero-order chi connectivity index (χ0) is 18.8. The fourth-order valence-corrected chi connectivity index (χ4v) is 4.52. The van der Waals surface area contributed by atoms with Crippen molar-refractivity contribution in [1.29, 1.82) is 0 Å². The number of hydrogen-bond donors (Lipinski definition) is 2. The number of rotatable bonds is 3. The largest absolute Gasteiger partial charge is 0.349 e. The monoisotopic (exact) mass is 398 g/mol. The van der Waals surface area contributed by atoms with Crippen LogP contribution in [0.25, 0.3) is 6.08 Å². The Kier molecular flexibility index (Phi) is 5.23. The smallest absolute Gasteiger partial charge is 0.262 e. The van der Waals surface area contributed by atoms with Gasteiger partial charge in [0.05, 0.1) is 10.6 Å². The Morgan fingerprint density at radius 2 is 2.00 bits per heavy atom. The molecule has 1 fully saturated rings. The second-order valence-corrected chi connectivity index (χ2v) is 8.31. The Hall–Kier alpha value is -2.24. The first kappa shape index (κ1) is 18.1. The molecule has 2 N–H and O–H groups in total. The van der Waals surface area contributed by atoms with Crippen LogP contribution in [0.15, 0.2) is 52.3 Å². The second-order valence-electron chi connectivity index (χ2n) is 6.79. The van der Waals surface area contributed by atoms with Gasteiger partial charge in [-0.15, -0.1) is 0 Å². The Labute approximate surface area is 167 Å². The normalized spacial score (nSPS) is 18.3. The zero-order valence-electron chi connectivity index (χ0n) is 14.6. The third-order valence-electron chi connectivity index (χ3n) is 4.77. The molecule has 0 radical (unpaired) electrons. The fraction of sp³-hybridized carbons (Fsp3) is 0.238. The van der Waals surface area contributed by atoms with Gasteiger partial charge in [-0.3, -0.25) is 9.59 Å². The van der Waals surface area contributed by atoms with E-state index >= 15 is 0 Å². The highest BCUT2D eigenvalue weighted by atomic mass is 35.5. The van der Waals surface area contributed by atoms with Crippen LogP contribution >= 0.6 is 23.4 Å².